The van der Waals surface area contributed by atoms with Gasteiger partial charge in [0.25, 0.3) is 5.92 Å². The van der Waals surface area contributed by atoms with Gasteiger partial charge in [0, 0.05) is 25.9 Å². The molecule has 0 bridgehead atoms. The molecule has 7 heteroatoms. The van der Waals surface area contributed by atoms with Crippen LogP contribution in [0.4, 0.5) is 8.78 Å². The standard InChI is InChI=1S/C21H32F2N2O3/c1-4-18(27)25(20(17(3)26)9-7-10-20)12-6-5-8-16(2)14-19(28)24-13-11-21(22,23)15-24/h4,16H,1,5-15H2,2-3H3. The van der Waals surface area contributed by atoms with Crippen LogP contribution in [0.15, 0.2) is 12.7 Å². The van der Waals surface area contributed by atoms with Gasteiger partial charge in [-0.15, -0.1) is 0 Å². The minimum Gasteiger partial charge on any atom is -0.336 e. The van der Waals surface area contributed by atoms with Crippen LogP contribution in [-0.4, -0.2) is 58.5 Å². The van der Waals surface area contributed by atoms with Gasteiger partial charge in [-0.05, 0) is 44.6 Å². The number of alkyl halides is 2. The molecule has 2 fully saturated rings. The first-order valence-electron chi connectivity index (χ1n) is 10.2. The highest BCUT2D eigenvalue weighted by atomic mass is 19.3. The SMILES string of the molecule is C=CC(=O)N(CCCCC(C)CC(=O)N1CCC(F)(F)C1)C1(C(C)=O)CCC1. The molecule has 1 aliphatic carbocycles. The van der Waals surface area contributed by atoms with Crippen molar-refractivity contribution in [2.75, 3.05) is 19.6 Å². The maximum Gasteiger partial charge on any atom is 0.267 e. The summed E-state index contributed by atoms with van der Waals surface area (Å²) < 4.78 is 26.5. The molecule has 0 aromatic carbocycles. The van der Waals surface area contributed by atoms with E-state index in [0.717, 1.165) is 25.7 Å². The van der Waals surface area contributed by atoms with Gasteiger partial charge in [-0.2, -0.15) is 0 Å². The fourth-order valence-corrected chi connectivity index (χ4v) is 4.21. The van der Waals surface area contributed by atoms with Gasteiger partial charge in [0.1, 0.15) is 5.54 Å². The van der Waals surface area contributed by atoms with Crippen LogP contribution in [0.3, 0.4) is 0 Å². The fourth-order valence-electron chi connectivity index (χ4n) is 4.21. The molecular weight excluding hydrogens is 366 g/mol. The van der Waals surface area contributed by atoms with E-state index in [2.05, 4.69) is 6.58 Å². The number of rotatable bonds is 10. The first-order valence-corrected chi connectivity index (χ1v) is 10.2. The fraction of sp³-hybridized carbons (Fsp3) is 0.762. The summed E-state index contributed by atoms with van der Waals surface area (Å²) >= 11 is 0. The Morgan fingerprint density at radius 1 is 1.21 bits per heavy atom. The number of hydrogen-bond donors (Lipinski definition) is 0. The van der Waals surface area contributed by atoms with Crippen molar-refractivity contribution in [3.8, 4) is 0 Å². The Bertz CT molecular complexity index is 617. The van der Waals surface area contributed by atoms with Gasteiger partial charge < -0.3 is 9.80 Å². The normalized spacial score (nSPS) is 20.9. The second-order valence-corrected chi connectivity index (χ2v) is 8.36. The zero-order valence-electron chi connectivity index (χ0n) is 17.0. The number of amides is 2. The summed E-state index contributed by atoms with van der Waals surface area (Å²) in [6, 6.07) is 0. The monoisotopic (exact) mass is 398 g/mol. The molecule has 0 N–H and O–H groups in total. The Morgan fingerprint density at radius 2 is 1.89 bits per heavy atom. The number of ketones is 1. The van der Waals surface area contributed by atoms with E-state index in [0.29, 0.717) is 19.4 Å². The van der Waals surface area contributed by atoms with Crippen LogP contribution in [0.25, 0.3) is 0 Å². The van der Waals surface area contributed by atoms with Gasteiger partial charge in [-0.3, -0.25) is 14.4 Å². The second kappa shape index (κ2) is 9.14. The molecule has 158 valence electrons. The summed E-state index contributed by atoms with van der Waals surface area (Å²) in [6.07, 6.45) is 5.93. The van der Waals surface area contributed by atoms with Crippen LogP contribution >= 0.6 is 0 Å². The van der Waals surface area contributed by atoms with Crippen LogP contribution in [0, 0.1) is 5.92 Å². The molecule has 0 aromatic rings. The Labute approximate surface area is 166 Å². The van der Waals surface area contributed by atoms with Crippen molar-refractivity contribution < 1.29 is 23.2 Å². The highest BCUT2D eigenvalue weighted by molar-refractivity contribution is 5.95. The van der Waals surface area contributed by atoms with E-state index in [1.165, 1.54) is 17.9 Å². The highest BCUT2D eigenvalue weighted by Crippen LogP contribution is 2.39. The third kappa shape index (κ3) is 5.17. The number of carbonyl (C=O) groups is 3. The molecule has 0 radical (unpaired) electrons. The summed E-state index contributed by atoms with van der Waals surface area (Å²) in [6.45, 7) is 7.19. The number of halogens is 2. The lowest BCUT2D eigenvalue weighted by Crippen LogP contribution is -2.60. The van der Waals surface area contributed by atoms with Crippen molar-refractivity contribution in [3.63, 3.8) is 0 Å². The lowest BCUT2D eigenvalue weighted by Gasteiger charge is -2.48. The molecule has 28 heavy (non-hydrogen) atoms. The second-order valence-electron chi connectivity index (χ2n) is 8.36. The largest absolute Gasteiger partial charge is 0.336 e. The predicted molar refractivity (Wildman–Crippen MR) is 103 cm³/mol. The van der Waals surface area contributed by atoms with Crippen LogP contribution < -0.4 is 0 Å². The first-order chi connectivity index (χ1) is 13.1. The molecule has 1 unspecified atom stereocenters. The Balaban J connectivity index is 1.77. The van der Waals surface area contributed by atoms with Gasteiger partial charge in [0.15, 0.2) is 5.78 Å². The average Bonchev–Trinajstić information content (AvgIpc) is 2.95. The molecule has 1 saturated heterocycles. The maximum absolute atomic E-state index is 13.2. The van der Waals surface area contributed by atoms with E-state index in [1.54, 1.807) is 4.90 Å². The molecule has 5 nitrogen and oxygen atoms in total. The van der Waals surface area contributed by atoms with E-state index in [-0.39, 0.29) is 42.9 Å². The Morgan fingerprint density at radius 3 is 2.36 bits per heavy atom. The van der Waals surface area contributed by atoms with Gasteiger partial charge in [0.2, 0.25) is 11.8 Å². The van der Waals surface area contributed by atoms with Gasteiger partial charge in [-0.1, -0.05) is 26.3 Å². The number of carbonyl (C=O) groups excluding carboxylic acids is 3. The van der Waals surface area contributed by atoms with Crippen LogP contribution in [0.1, 0.15) is 65.2 Å². The van der Waals surface area contributed by atoms with Crippen molar-refractivity contribution >= 4 is 17.6 Å². The summed E-state index contributed by atoms with van der Waals surface area (Å²) in [7, 11) is 0. The molecule has 1 atom stereocenters. The summed E-state index contributed by atoms with van der Waals surface area (Å²) in [5.41, 5.74) is -0.673. The van der Waals surface area contributed by atoms with E-state index in [4.69, 9.17) is 0 Å². The van der Waals surface area contributed by atoms with Crippen molar-refractivity contribution in [3.05, 3.63) is 12.7 Å². The summed E-state index contributed by atoms with van der Waals surface area (Å²) in [4.78, 5) is 39.5. The molecule has 2 amide bonds. The van der Waals surface area contributed by atoms with Crippen molar-refractivity contribution in [1.82, 2.24) is 9.80 Å². The number of unbranched alkanes of at least 4 members (excludes halogenated alkanes) is 1. The van der Waals surface area contributed by atoms with Crippen molar-refractivity contribution in [2.24, 2.45) is 5.92 Å². The third-order valence-corrected chi connectivity index (χ3v) is 6.17. The quantitative estimate of drug-likeness (QED) is 0.418. The number of hydrogen-bond acceptors (Lipinski definition) is 3. The molecule has 2 rings (SSSR count). The molecule has 0 aromatic heterocycles. The molecule has 0 spiro atoms. The molecule has 1 heterocycles. The smallest absolute Gasteiger partial charge is 0.267 e. The Kier molecular flexibility index (Phi) is 7.34. The highest BCUT2D eigenvalue weighted by Gasteiger charge is 2.48. The molecule has 1 saturated carbocycles. The molecule has 1 aliphatic heterocycles. The Hall–Kier alpha value is -1.79. The number of nitrogens with zero attached hydrogens (tertiary/aromatic N) is 2. The topological polar surface area (TPSA) is 57.7 Å². The zero-order valence-corrected chi connectivity index (χ0v) is 17.0. The first kappa shape index (κ1) is 22.5. The maximum atomic E-state index is 13.2. The molecular formula is C21H32F2N2O3. The van der Waals surface area contributed by atoms with E-state index >= 15 is 0 Å². The summed E-state index contributed by atoms with van der Waals surface area (Å²) in [5, 5.41) is 0. The van der Waals surface area contributed by atoms with E-state index < -0.39 is 18.0 Å². The third-order valence-electron chi connectivity index (χ3n) is 6.17. The van der Waals surface area contributed by atoms with Crippen LogP contribution in [0.5, 0.6) is 0 Å². The minimum atomic E-state index is -2.76. The zero-order chi connectivity index (χ0) is 20.9. The molecule has 2 aliphatic rings. The minimum absolute atomic E-state index is 0.0235. The van der Waals surface area contributed by atoms with Crippen LogP contribution in [-0.2, 0) is 14.4 Å². The van der Waals surface area contributed by atoms with Crippen molar-refractivity contribution in [1.29, 1.82) is 0 Å². The lowest BCUT2D eigenvalue weighted by atomic mass is 9.72. The van der Waals surface area contributed by atoms with E-state index in [9.17, 15) is 23.2 Å². The lowest BCUT2D eigenvalue weighted by molar-refractivity contribution is -0.148. The van der Waals surface area contributed by atoms with E-state index in [1.807, 2.05) is 6.92 Å². The average molecular weight is 398 g/mol. The van der Waals surface area contributed by atoms with Crippen molar-refractivity contribution in [2.45, 2.75) is 76.7 Å². The van der Waals surface area contributed by atoms with Gasteiger partial charge in [0.05, 0.1) is 6.54 Å². The van der Waals surface area contributed by atoms with Gasteiger partial charge >= 0.3 is 0 Å². The number of Topliss-reactive ketones (excluding diaryl/α,β-unsaturated/α-hetero) is 1. The predicted octanol–water partition coefficient (Wildman–Crippen LogP) is 3.58. The number of likely N-dealkylation sites (tertiary alicyclic amines) is 1. The summed E-state index contributed by atoms with van der Waals surface area (Å²) in [5.74, 6) is -3.06. The van der Waals surface area contributed by atoms with Crippen LogP contribution in [0.2, 0.25) is 0 Å². The van der Waals surface area contributed by atoms with Gasteiger partial charge in [-0.25, -0.2) is 8.78 Å².